The maximum absolute atomic E-state index is 5.49. The first-order valence-electron chi connectivity index (χ1n) is 4.38. The topological polar surface area (TPSA) is 18.5 Å². The van der Waals surface area contributed by atoms with Gasteiger partial charge in [0.2, 0.25) is 0 Å². The van der Waals surface area contributed by atoms with E-state index in [0.717, 1.165) is 0 Å². The predicted octanol–water partition coefficient (Wildman–Crippen LogP) is 2.79. The Bertz CT molecular complexity index is 136. The quantitative estimate of drug-likeness (QED) is 0.637. The molecule has 0 aromatic heterocycles. The SMILES string of the molecule is CO[Si](C)(OC)C(C)C(C)(C)C. The zero-order valence-electron chi connectivity index (χ0n) is 9.39. The molecule has 0 saturated carbocycles. The van der Waals surface area contributed by atoms with Gasteiger partial charge >= 0.3 is 8.56 Å². The highest BCUT2D eigenvalue weighted by Crippen LogP contribution is 2.39. The van der Waals surface area contributed by atoms with Gasteiger partial charge in [0.1, 0.15) is 0 Å². The van der Waals surface area contributed by atoms with Crippen LogP contribution in [0, 0.1) is 5.41 Å². The summed E-state index contributed by atoms with van der Waals surface area (Å²) in [5.41, 5.74) is 0.743. The van der Waals surface area contributed by atoms with E-state index < -0.39 is 8.56 Å². The summed E-state index contributed by atoms with van der Waals surface area (Å²) < 4.78 is 11.0. The molecule has 2 nitrogen and oxygen atoms in total. The van der Waals surface area contributed by atoms with Crippen LogP contribution in [0.25, 0.3) is 0 Å². The molecule has 0 fully saturated rings. The molecule has 0 radical (unpaired) electrons. The van der Waals surface area contributed by atoms with Crippen molar-refractivity contribution < 1.29 is 8.85 Å². The average molecular weight is 190 g/mol. The molecule has 0 bridgehead atoms. The Morgan fingerprint density at radius 1 is 1.08 bits per heavy atom. The van der Waals surface area contributed by atoms with E-state index in [1.54, 1.807) is 14.2 Å². The summed E-state index contributed by atoms with van der Waals surface area (Å²) >= 11 is 0. The van der Waals surface area contributed by atoms with Crippen LogP contribution in [0.5, 0.6) is 0 Å². The van der Waals surface area contributed by atoms with E-state index in [0.29, 0.717) is 5.54 Å². The van der Waals surface area contributed by atoms with Crippen LogP contribution in [0.2, 0.25) is 12.1 Å². The van der Waals surface area contributed by atoms with Crippen molar-refractivity contribution in [3.8, 4) is 0 Å². The van der Waals surface area contributed by atoms with E-state index in [1.807, 2.05) is 0 Å². The summed E-state index contributed by atoms with van der Waals surface area (Å²) in [6.45, 7) is 11.0. The molecular weight excluding hydrogens is 168 g/mol. The Kier molecular flexibility index (Phi) is 3.94. The second-order valence-corrected chi connectivity index (χ2v) is 8.23. The van der Waals surface area contributed by atoms with E-state index in [2.05, 4.69) is 34.2 Å². The van der Waals surface area contributed by atoms with Crippen molar-refractivity contribution in [2.24, 2.45) is 5.41 Å². The van der Waals surface area contributed by atoms with E-state index in [9.17, 15) is 0 Å². The minimum Gasteiger partial charge on any atom is -0.398 e. The first kappa shape index (κ1) is 12.1. The minimum absolute atomic E-state index is 0.257. The van der Waals surface area contributed by atoms with Crippen molar-refractivity contribution in [3.05, 3.63) is 0 Å². The maximum Gasteiger partial charge on any atom is 0.337 e. The van der Waals surface area contributed by atoms with Crippen LogP contribution in [0.1, 0.15) is 27.7 Å². The van der Waals surface area contributed by atoms with E-state index >= 15 is 0 Å². The van der Waals surface area contributed by atoms with Gasteiger partial charge in [0.15, 0.2) is 0 Å². The van der Waals surface area contributed by atoms with Gasteiger partial charge in [-0.25, -0.2) is 0 Å². The summed E-state index contributed by atoms with van der Waals surface area (Å²) in [6.07, 6.45) is 0. The largest absolute Gasteiger partial charge is 0.398 e. The normalized spacial score (nSPS) is 16.2. The van der Waals surface area contributed by atoms with Crippen LogP contribution in [0.4, 0.5) is 0 Å². The van der Waals surface area contributed by atoms with Gasteiger partial charge in [-0.3, -0.25) is 0 Å². The van der Waals surface area contributed by atoms with Crippen molar-refractivity contribution >= 4 is 8.56 Å². The molecule has 0 aliphatic heterocycles. The molecule has 74 valence electrons. The third-order valence-corrected chi connectivity index (χ3v) is 6.96. The van der Waals surface area contributed by atoms with Crippen LogP contribution in [-0.4, -0.2) is 22.8 Å². The summed E-state index contributed by atoms with van der Waals surface area (Å²) in [5, 5.41) is 0. The first-order chi connectivity index (χ1) is 5.28. The highest BCUT2D eigenvalue weighted by atomic mass is 28.4. The Hall–Kier alpha value is 0.137. The molecule has 0 aliphatic carbocycles. The molecule has 0 saturated heterocycles. The van der Waals surface area contributed by atoms with Crippen LogP contribution >= 0.6 is 0 Å². The van der Waals surface area contributed by atoms with Crippen molar-refractivity contribution in [3.63, 3.8) is 0 Å². The van der Waals surface area contributed by atoms with Crippen molar-refractivity contribution in [2.45, 2.75) is 39.8 Å². The van der Waals surface area contributed by atoms with E-state index in [1.165, 1.54) is 0 Å². The third kappa shape index (κ3) is 2.57. The maximum atomic E-state index is 5.49. The van der Waals surface area contributed by atoms with Gasteiger partial charge in [0.05, 0.1) is 0 Å². The highest BCUT2D eigenvalue weighted by molar-refractivity contribution is 6.67. The summed E-state index contributed by atoms with van der Waals surface area (Å²) in [4.78, 5) is 0. The monoisotopic (exact) mass is 190 g/mol. The Labute approximate surface area is 77.5 Å². The average Bonchev–Trinajstić information content (AvgIpc) is 2.00. The van der Waals surface area contributed by atoms with Gasteiger partial charge in [0, 0.05) is 19.8 Å². The molecule has 0 amide bonds. The Morgan fingerprint density at radius 3 is 1.50 bits per heavy atom. The summed E-state index contributed by atoms with van der Waals surface area (Å²) in [5.74, 6) is 0. The van der Waals surface area contributed by atoms with Crippen molar-refractivity contribution in [1.29, 1.82) is 0 Å². The fourth-order valence-electron chi connectivity index (χ4n) is 1.22. The summed E-state index contributed by atoms with van der Waals surface area (Å²) in [7, 11) is 1.56. The molecular formula is C9H22O2Si. The van der Waals surface area contributed by atoms with Gasteiger partial charge in [-0.15, -0.1) is 0 Å². The predicted molar refractivity (Wildman–Crippen MR) is 54.5 cm³/mol. The van der Waals surface area contributed by atoms with Crippen LogP contribution in [0.3, 0.4) is 0 Å². The fraction of sp³-hybridized carbons (Fsp3) is 1.00. The lowest BCUT2D eigenvalue weighted by Crippen LogP contribution is -2.45. The number of hydrogen-bond acceptors (Lipinski definition) is 2. The molecule has 0 aromatic carbocycles. The van der Waals surface area contributed by atoms with Gasteiger partial charge in [-0.1, -0.05) is 27.7 Å². The standard InChI is InChI=1S/C9H22O2Si/c1-8(9(2,3)4)12(7,10-5)11-6/h8H,1-7H3. The molecule has 0 rings (SSSR count). The van der Waals surface area contributed by atoms with Crippen LogP contribution in [0.15, 0.2) is 0 Å². The molecule has 3 heteroatoms. The molecule has 0 aliphatic rings. The van der Waals surface area contributed by atoms with Crippen molar-refractivity contribution in [1.82, 2.24) is 0 Å². The molecule has 0 spiro atoms. The van der Waals surface area contributed by atoms with Gasteiger partial charge in [-0.2, -0.15) is 0 Å². The zero-order chi connectivity index (χ0) is 9.99. The Morgan fingerprint density at radius 2 is 1.42 bits per heavy atom. The fourth-order valence-corrected chi connectivity index (χ4v) is 3.67. The second-order valence-electron chi connectivity index (χ2n) is 4.51. The van der Waals surface area contributed by atoms with E-state index in [4.69, 9.17) is 8.85 Å². The van der Waals surface area contributed by atoms with Crippen LogP contribution in [-0.2, 0) is 8.85 Å². The Balaban J connectivity index is 4.53. The third-order valence-electron chi connectivity index (χ3n) is 2.90. The molecule has 1 unspecified atom stereocenters. The number of hydrogen-bond donors (Lipinski definition) is 0. The number of rotatable bonds is 3. The molecule has 12 heavy (non-hydrogen) atoms. The lowest BCUT2D eigenvalue weighted by Gasteiger charge is -2.37. The molecule has 0 heterocycles. The first-order valence-corrected chi connectivity index (χ1v) is 6.77. The highest BCUT2D eigenvalue weighted by Gasteiger charge is 2.42. The smallest absolute Gasteiger partial charge is 0.337 e. The van der Waals surface area contributed by atoms with Gasteiger partial charge in [0.25, 0.3) is 0 Å². The van der Waals surface area contributed by atoms with Crippen molar-refractivity contribution in [2.75, 3.05) is 14.2 Å². The summed E-state index contributed by atoms with van der Waals surface area (Å²) in [6, 6.07) is 0. The zero-order valence-corrected chi connectivity index (χ0v) is 10.4. The molecule has 1 atom stereocenters. The second kappa shape index (κ2) is 3.90. The lowest BCUT2D eigenvalue weighted by atomic mass is 9.93. The minimum atomic E-state index is -1.94. The lowest BCUT2D eigenvalue weighted by molar-refractivity contribution is 0.207. The van der Waals surface area contributed by atoms with Crippen LogP contribution < -0.4 is 0 Å². The van der Waals surface area contributed by atoms with Gasteiger partial charge < -0.3 is 8.85 Å². The van der Waals surface area contributed by atoms with E-state index in [-0.39, 0.29) is 5.41 Å². The van der Waals surface area contributed by atoms with Gasteiger partial charge in [-0.05, 0) is 12.0 Å². The molecule has 0 aromatic rings. The molecule has 0 N–H and O–H groups in total.